The lowest BCUT2D eigenvalue weighted by Gasteiger charge is -2.17. The van der Waals surface area contributed by atoms with Crippen LogP contribution in [0.25, 0.3) is 0 Å². The van der Waals surface area contributed by atoms with Crippen LogP contribution in [0.5, 0.6) is 0 Å². The number of nitrogens with zero attached hydrogens (tertiary/aromatic N) is 1. The van der Waals surface area contributed by atoms with E-state index in [4.69, 9.17) is 5.73 Å². The van der Waals surface area contributed by atoms with Crippen molar-refractivity contribution in [3.63, 3.8) is 0 Å². The Morgan fingerprint density at radius 3 is 2.56 bits per heavy atom. The summed E-state index contributed by atoms with van der Waals surface area (Å²) in [6, 6.07) is 6.16. The first-order valence-electron chi connectivity index (χ1n) is 5.32. The fraction of sp³-hybridized carbons (Fsp3) is 0.417. The third-order valence-electron chi connectivity index (χ3n) is 2.35. The van der Waals surface area contributed by atoms with Gasteiger partial charge < -0.3 is 10.6 Å². The maximum Gasteiger partial charge on any atom is 0.222 e. The fourth-order valence-electron chi connectivity index (χ4n) is 1.40. The summed E-state index contributed by atoms with van der Waals surface area (Å²) >= 11 is 0. The van der Waals surface area contributed by atoms with Crippen LogP contribution in [0.2, 0.25) is 0 Å². The number of hydrogen-bond acceptors (Lipinski definition) is 2. The van der Waals surface area contributed by atoms with E-state index in [1.807, 2.05) is 0 Å². The van der Waals surface area contributed by atoms with Crippen LogP contribution < -0.4 is 5.73 Å². The molecule has 0 aliphatic carbocycles. The summed E-state index contributed by atoms with van der Waals surface area (Å²) in [7, 11) is 1.74. The van der Waals surface area contributed by atoms with Crippen molar-refractivity contribution >= 4 is 5.91 Å². The highest BCUT2D eigenvalue weighted by molar-refractivity contribution is 5.75. The summed E-state index contributed by atoms with van der Waals surface area (Å²) in [6.07, 6.45) is 1.17. The smallest absolute Gasteiger partial charge is 0.222 e. The minimum absolute atomic E-state index is 0.0646. The van der Waals surface area contributed by atoms with Crippen LogP contribution >= 0.6 is 0 Å². The monoisotopic (exact) mass is 224 g/mol. The Bertz CT molecular complexity index is 337. The van der Waals surface area contributed by atoms with Crippen molar-refractivity contribution < 1.29 is 9.18 Å². The SMILES string of the molecule is CN(Cc1ccc(F)cc1)C(=O)CCCN. The second kappa shape index (κ2) is 6.23. The van der Waals surface area contributed by atoms with E-state index in [9.17, 15) is 9.18 Å². The first kappa shape index (κ1) is 12.6. The second-order valence-corrected chi connectivity index (χ2v) is 3.77. The molecule has 16 heavy (non-hydrogen) atoms. The first-order valence-corrected chi connectivity index (χ1v) is 5.32. The number of carbonyl (C=O) groups is 1. The van der Waals surface area contributed by atoms with Gasteiger partial charge in [0.25, 0.3) is 0 Å². The molecule has 0 fully saturated rings. The molecule has 1 amide bonds. The third kappa shape index (κ3) is 3.98. The Morgan fingerprint density at radius 2 is 2.00 bits per heavy atom. The van der Waals surface area contributed by atoms with E-state index in [0.29, 0.717) is 25.9 Å². The summed E-state index contributed by atoms with van der Waals surface area (Å²) in [4.78, 5) is 13.2. The maximum absolute atomic E-state index is 12.7. The normalized spacial score (nSPS) is 10.2. The van der Waals surface area contributed by atoms with Gasteiger partial charge in [0, 0.05) is 20.0 Å². The van der Waals surface area contributed by atoms with Crippen molar-refractivity contribution in [2.75, 3.05) is 13.6 Å². The van der Waals surface area contributed by atoms with Gasteiger partial charge in [0.05, 0.1) is 0 Å². The van der Waals surface area contributed by atoms with Gasteiger partial charge in [-0.05, 0) is 30.7 Å². The summed E-state index contributed by atoms with van der Waals surface area (Å²) in [5.74, 6) is -0.198. The Balaban J connectivity index is 2.47. The number of benzene rings is 1. The van der Waals surface area contributed by atoms with E-state index in [-0.39, 0.29) is 11.7 Å². The molecule has 0 aromatic heterocycles. The molecule has 0 saturated heterocycles. The lowest BCUT2D eigenvalue weighted by Crippen LogP contribution is -2.26. The Hall–Kier alpha value is -1.42. The Kier molecular flexibility index (Phi) is 4.92. The largest absolute Gasteiger partial charge is 0.341 e. The van der Waals surface area contributed by atoms with Gasteiger partial charge in [-0.1, -0.05) is 12.1 Å². The molecule has 1 aromatic carbocycles. The van der Waals surface area contributed by atoms with Gasteiger partial charge in [0.2, 0.25) is 5.91 Å². The van der Waals surface area contributed by atoms with Crippen molar-refractivity contribution in [3.05, 3.63) is 35.6 Å². The Labute approximate surface area is 95.0 Å². The Morgan fingerprint density at radius 1 is 1.38 bits per heavy atom. The standard InChI is InChI=1S/C12H17FN2O/c1-15(12(16)3-2-8-14)9-10-4-6-11(13)7-5-10/h4-7H,2-3,8-9,14H2,1H3. The lowest BCUT2D eigenvalue weighted by atomic mass is 10.2. The number of hydrogen-bond donors (Lipinski definition) is 1. The van der Waals surface area contributed by atoms with E-state index >= 15 is 0 Å². The first-order chi connectivity index (χ1) is 7.63. The van der Waals surface area contributed by atoms with Crippen LogP contribution in [-0.4, -0.2) is 24.4 Å². The average molecular weight is 224 g/mol. The molecule has 0 atom stereocenters. The van der Waals surface area contributed by atoms with Gasteiger partial charge in [0.1, 0.15) is 5.82 Å². The minimum atomic E-state index is -0.263. The van der Waals surface area contributed by atoms with Crippen LogP contribution in [0, 0.1) is 5.82 Å². The predicted molar refractivity (Wildman–Crippen MR) is 61.2 cm³/mol. The molecule has 0 saturated carbocycles. The van der Waals surface area contributed by atoms with E-state index in [2.05, 4.69) is 0 Å². The molecule has 3 nitrogen and oxygen atoms in total. The summed E-state index contributed by atoms with van der Waals surface area (Å²) in [5, 5.41) is 0. The average Bonchev–Trinajstić information content (AvgIpc) is 2.29. The number of halogens is 1. The van der Waals surface area contributed by atoms with Crippen molar-refractivity contribution in [3.8, 4) is 0 Å². The lowest BCUT2D eigenvalue weighted by molar-refractivity contribution is -0.130. The minimum Gasteiger partial charge on any atom is -0.341 e. The summed E-state index contributed by atoms with van der Waals surface area (Å²) in [6.45, 7) is 1.03. The number of nitrogens with two attached hydrogens (primary N) is 1. The second-order valence-electron chi connectivity index (χ2n) is 3.77. The van der Waals surface area contributed by atoms with Gasteiger partial charge >= 0.3 is 0 Å². The molecular formula is C12H17FN2O. The van der Waals surface area contributed by atoms with E-state index in [1.54, 1.807) is 24.1 Å². The van der Waals surface area contributed by atoms with Crippen molar-refractivity contribution in [2.24, 2.45) is 5.73 Å². The highest BCUT2D eigenvalue weighted by Gasteiger charge is 2.08. The number of rotatable bonds is 5. The molecule has 1 rings (SSSR count). The molecule has 0 heterocycles. The van der Waals surface area contributed by atoms with Crippen LogP contribution in [-0.2, 0) is 11.3 Å². The van der Waals surface area contributed by atoms with E-state index in [1.165, 1.54) is 12.1 Å². The quantitative estimate of drug-likeness (QED) is 0.824. The van der Waals surface area contributed by atoms with Crippen LogP contribution in [0.4, 0.5) is 4.39 Å². The molecule has 0 spiro atoms. The van der Waals surface area contributed by atoms with Crippen LogP contribution in [0.15, 0.2) is 24.3 Å². The van der Waals surface area contributed by atoms with Gasteiger partial charge in [-0.3, -0.25) is 4.79 Å². The van der Waals surface area contributed by atoms with Gasteiger partial charge in [-0.25, -0.2) is 4.39 Å². The molecule has 0 radical (unpaired) electrons. The molecule has 0 aliphatic rings. The third-order valence-corrected chi connectivity index (χ3v) is 2.35. The van der Waals surface area contributed by atoms with Gasteiger partial charge in [0.15, 0.2) is 0 Å². The molecule has 1 aromatic rings. The van der Waals surface area contributed by atoms with Gasteiger partial charge in [-0.2, -0.15) is 0 Å². The van der Waals surface area contributed by atoms with Crippen molar-refractivity contribution in [1.82, 2.24) is 4.90 Å². The molecule has 0 bridgehead atoms. The van der Waals surface area contributed by atoms with Crippen molar-refractivity contribution in [2.45, 2.75) is 19.4 Å². The summed E-state index contributed by atoms with van der Waals surface area (Å²) < 4.78 is 12.7. The van der Waals surface area contributed by atoms with E-state index in [0.717, 1.165) is 5.56 Å². The highest BCUT2D eigenvalue weighted by Crippen LogP contribution is 2.06. The maximum atomic E-state index is 12.7. The predicted octanol–water partition coefficient (Wildman–Crippen LogP) is 1.52. The van der Waals surface area contributed by atoms with Crippen molar-refractivity contribution in [1.29, 1.82) is 0 Å². The topological polar surface area (TPSA) is 46.3 Å². The summed E-state index contributed by atoms with van der Waals surface area (Å²) in [5.41, 5.74) is 6.26. The molecular weight excluding hydrogens is 207 g/mol. The van der Waals surface area contributed by atoms with Crippen LogP contribution in [0.1, 0.15) is 18.4 Å². The zero-order chi connectivity index (χ0) is 12.0. The fourth-order valence-corrected chi connectivity index (χ4v) is 1.40. The molecule has 0 aliphatic heterocycles. The molecule has 0 unspecified atom stereocenters. The molecule has 4 heteroatoms. The van der Waals surface area contributed by atoms with E-state index < -0.39 is 0 Å². The zero-order valence-corrected chi connectivity index (χ0v) is 9.45. The number of amides is 1. The zero-order valence-electron chi connectivity index (χ0n) is 9.45. The van der Waals surface area contributed by atoms with Gasteiger partial charge in [-0.15, -0.1) is 0 Å². The van der Waals surface area contributed by atoms with Crippen LogP contribution in [0.3, 0.4) is 0 Å². The highest BCUT2D eigenvalue weighted by atomic mass is 19.1. The number of carbonyl (C=O) groups excluding carboxylic acids is 1. The molecule has 88 valence electrons. The molecule has 2 N–H and O–H groups in total.